The first-order chi connectivity index (χ1) is 17.0. The summed E-state index contributed by atoms with van der Waals surface area (Å²) < 4.78 is 5.84. The van der Waals surface area contributed by atoms with E-state index in [0.717, 1.165) is 43.6 Å². The molecular weight excluding hydrogens is 468 g/mol. The number of benzene rings is 2. The summed E-state index contributed by atoms with van der Waals surface area (Å²) in [6, 6.07) is 16.2. The normalized spacial score (nSPS) is 16.4. The first-order valence-electron chi connectivity index (χ1n) is 11.9. The second-order valence-corrected chi connectivity index (χ2v) is 9.37. The van der Waals surface area contributed by atoms with E-state index in [2.05, 4.69) is 9.80 Å². The number of carbonyl (C=O) groups is 1. The highest BCUT2D eigenvalue weighted by Gasteiger charge is 2.27. The van der Waals surface area contributed by atoms with Gasteiger partial charge in [0.2, 0.25) is 0 Å². The van der Waals surface area contributed by atoms with Crippen molar-refractivity contribution >= 4 is 34.6 Å². The molecule has 3 aromatic rings. The second kappa shape index (κ2) is 10.00. The summed E-state index contributed by atoms with van der Waals surface area (Å²) in [7, 11) is 0. The molecule has 1 aromatic heterocycles. The summed E-state index contributed by atoms with van der Waals surface area (Å²) in [6.07, 6.45) is 3.26. The van der Waals surface area contributed by atoms with Gasteiger partial charge in [0.25, 0.3) is 11.6 Å². The molecule has 0 atom stereocenters. The Morgan fingerprint density at radius 3 is 2.37 bits per heavy atom. The number of piperidine rings is 1. The molecule has 0 saturated carbocycles. The van der Waals surface area contributed by atoms with Crippen molar-refractivity contribution in [2.75, 3.05) is 49.1 Å². The molecule has 9 heteroatoms. The maximum absolute atomic E-state index is 13.0. The molecule has 5 rings (SSSR count). The third-order valence-corrected chi connectivity index (χ3v) is 6.95. The molecule has 182 valence electrons. The van der Waals surface area contributed by atoms with Crippen molar-refractivity contribution in [3.8, 4) is 11.3 Å². The minimum absolute atomic E-state index is 0.143. The van der Waals surface area contributed by atoms with Crippen LogP contribution in [0.3, 0.4) is 0 Å². The number of hydrogen-bond donors (Lipinski definition) is 0. The Morgan fingerprint density at radius 1 is 0.886 bits per heavy atom. The Kier molecular flexibility index (Phi) is 6.63. The highest BCUT2D eigenvalue weighted by molar-refractivity contribution is 6.30. The highest BCUT2D eigenvalue weighted by Crippen LogP contribution is 2.34. The molecule has 1 amide bonds. The third kappa shape index (κ3) is 4.98. The number of hydrogen-bond acceptors (Lipinski definition) is 6. The number of halogens is 1. The second-order valence-electron chi connectivity index (χ2n) is 8.93. The van der Waals surface area contributed by atoms with E-state index in [1.54, 1.807) is 35.2 Å². The van der Waals surface area contributed by atoms with Crippen LogP contribution in [0.1, 0.15) is 29.8 Å². The average Bonchev–Trinajstić information content (AvgIpc) is 3.39. The standard InChI is InChI=1S/C26H27ClN4O4/c27-20-6-4-5-19(17-20)24-9-10-25(35-24)26(32)30-15-13-28(14-16-30)21-7-8-22(31(33)34)23(18-21)29-11-2-1-3-12-29/h4-10,17-18H,1-3,11-16H2. The number of carbonyl (C=O) groups excluding carboxylic acids is 1. The van der Waals surface area contributed by atoms with Crippen LogP contribution in [0.25, 0.3) is 11.3 Å². The molecule has 0 N–H and O–H groups in total. The number of anilines is 2. The summed E-state index contributed by atoms with van der Waals surface area (Å²) in [5, 5.41) is 12.2. The molecule has 8 nitrogen and oxygen atoms in total. The predicted molar refractivity (Wildman–Crippen MR) is 136 cm³/mol. The van der Waals surface area contributed by atoms with Crippen LogP contribution in [0, 0.1) is 10.1 Å². The smallest absolute Gasteiger partial charge is 0.292 e. The average molecular weight is 495 g/mol. The van der Waals surface area contributed by atoms with Crippen LogP contribution in [0.15, 0.2) is 59.0 Å². The molecule has 2 fully saturated rings. The Morgan fingerprint density at radius 2 is 1.66 bits per heavy atom. The van der Waals surface area contributed by atoms with Gasteiger partial charge >= 0.3 is 0 Å². The van der Waals surface area contributed by atoms with E-state index >= 15 is 0 Å². The summed E-state index contributed by atoms with van der Waals surface area (Å²) in [6.45, 7) is 4.06. The zero-order chi connectivity index (χ0) is 24.4. The lowest BCUT2D eigenvalue weighted by atomic mass is 10.1. The zero-order valence-electron chi connectivity index (χ0n) is 19.4. The molecule has 0 aliphatic carbocycles. The molecule has 0 unspecified atom stereocenters. The Balaban J connectivity index is 1.26. The van der Waals surface area contributed by atoms with E-state index < -0.39 is 0 Å². The number of nitro groups is 1. The summed E-state index contributed by atoms with van der Waals surface area (Å²) in [5.74, 6) is 0.761. The van der Waals surface area contributed by atoms with Gasteiger partial charge in [-0.25, -0.2) is 0 Å². The number of furan rings is 1. The molecule has 2 aliphatic rings. The number of amides is 1. The number of nitro benzene ring substituents is 1. The van der Waals surface area contributed by atoms with Crippen molar-refractivity contribution in [3.63, 3.8) is 0 Å². The molecule has 0 bridgehead atoms. The number of piperazine rings is 1. The van der Waals surface area contributed by atoms with E-state index in [0.29, 0.717) is 48.4 Å². The molecule has 0 spiro atoms. The number of nitrogens with zero attached hydrogens (tertiary/aromatic N) is 4. The van der Waals surface area contributed by atoms with E-state index in [9.17, 15) is 14.9 Å². The fourth-order valence-electron chi connectivity index (χ4n) is 4.82. The van der Waals surface area contributed by atoms with Crippen molar-refractivity contribution in [3.05, 3.63) is 75.5 Å². The highest BCUT2D eigenvalue weighted by atomic mass is 35.5. The first-order valence-corrected chi connectivity index (χ1v) is 12.3. The predicted octanol–water partition coefficient (Wildman–Crippen LogP) is 5.46. The molecule has 2 aliphatic heterocycles. The van der Waals surface area contributed by atoms with Crippen molar-refractivity contribution in [2.24, 2.45) is 0 Å². The van der Waals surface area contributed by atoms with Gasteiger partial charge in [-0.1, -0.05) is 23.7 Å². The summed E-state index contributed by atoms with van der Waals surface area (Å²) >= 11 is 6.07. The maximum Gasteiger partial charge on any atom is 0.292 e. The van der Waals surface area contributed by atoms with Crippen LogP contribution in [-0.4, -0.2) is 55.0 Å². The van der Waals surface area contributed by atoms with E-state index in [1.165, 1.54) is 0 Å². The van der Waals surface area contributed by atoms with Gasteiger partial charge in [-0.15, -0.1) is 0 Å². The number of rotatable bonds is 5. The molecule has 2 saturated heterocycles. The zero-order valence-corrected chi connectivity index (χ0v) is 20.1. The van der Waals surface area contributed by atoms with Crippen LogP contribution in [0.2, 0.25) is 5.02 Å². The van der Waals surface area contributed by atoms with Crippen LogP contribution < -0.4 is 9.80 Å². The lowest BCUT2D eigenvalue weighted by Crippen LogP contribution is -2.48. The Hall–Kier alpha value is -3.52. The topological polar surface area (TPSA) is 83.1 Å². The van der Waals surface area contributed by atoms with Crippen molar-refractivity contribution in [1.82, 2.24) is 4.90 Å². The lowest BCUT2D eigenvalue weighted by molar-refractivity contribution is -0.384. The SMILES string of the molecule is O=C(c1ccc(-c2cccc(Cl)c2)o1)N1CCN(c2ccc([N+](=O)[O-])c(N3CCCCC3)c2)CC1. The van der Waals surface area contributed by atoms with E-state index in [4.69, 9.17) is 16.0 Å². The first kappa shape index (κ1) is 23.2. The van der Waals surface area contributed by atoms with Crippen molar-refractivity contribution in [2.45, 2.75) is 19.3 Å². The van der Waals surface area contributed by atoms with Crippen LogP contribution >= 0.6 is 11.6 Å². The van der Waals surface area contributed by atoms with Crippen molar-refractivity contribution < 1.29 is 14.1 Å². The van der Waals surface area contributed by atoms with Crippen LogP contribution in [0.4, 0.5) is 17.1 Å². The van der Waals surface area contributed by atoms with Gasteiger partial charge in [-0.3, -0.25) is 14.9 Å². The minimum atomic E-state index is -0.300. The van der Waals surface area contributed by atoms with Gasteiger partial charge in [-0.05, 0) is 55.7 Å². The molecule has 35 heavy (non-hydrogen) atoms. The molecular formula is C26H27ClN4O4. The van der Waals surface area contributed by atoms with Crippen LogP contribution in [-0.2, 0) is 0 Å². The largest absolute Gasteiger partial charge is 0.451 e. The van der Waals surface area contributed by atoms with Gasteiger partial charge in [0.1, 0.15) is 11.4 Å². The molecule has 0 radical (unpaired) electrons. The van der Waals surface area contributed by atoms with Gasteiger partial charge in [0.05, 0.1) is 4.92 Å². The maximum atomic E-state index is 13.0. The minimum Gasteiger partial charge on any atom is -0.451 e. The van der Waals surface area contributed by atoms with Gasteiger partial charge in [-0.2, -0.15) is 0 Å². The molecule has 3 heterocycles. The van der Waals surface area contributed by atoms with Gasteiger partial charge < -0.3 is 19.1 Å². The summed E-state index contributed by atoms with van der Waals surface area (Å²) in [5.41, 5.74) is 2.61. The fraction of sp³-hybridized carbons (Fsp3) is 0.346. The fourth-order valence-corrected chi connectivity index (χ4v) is 5.01. The third-order valence-electron chi connectivity index (χ3n) is 6.71. The quantitative estimate of drug-likeness (QED) is 0.346. The van der Waals surface area contributed by atoms with Crippen molar-refractivity contribution in [1.29, 1.82) is 0 Å². The molecule has 2 aromatic carbocycles. The van der Waals surface area contributed by atoms with Gasteiger partial charge in [0, 0.05) is 61.6 Å². The van der Waals surface area contributed by atoms with Crippen LogP contribution in [0.5, 0.6) is 0 Å². The lowest BCUT2D eigenvalue weighted by Gasteiger charge is -2.36. The van der Waals surface area contributed by atoms with E-state index in [-0.39, 0.29) is 16.5 Å². The summed E-state index contributed by atoms with van der Waals surface area (Å²) in [4.78, 5) is 30.5. The van der Waals surface area contributed by atoms with E-state index in [1.807, 2.05) is 24.3 Å². The Bertz CT molecular complexity index is 1230. The Labute approximate surface area is 208 Å². The monoisotopic (exact) mass is 494 g/mol. The van der Waals surface area contributed by atoms with Gasteiger partial charge in [0.15, 0.2) is 5.76 Å².